The van der Waals surface area contributed by atoms with Gasteiger partial charge in [0.15, 0.2) is 11.0 Å². The van der Waals surface area contributed by atoms with E-state index in [1.165, 1.54) is 11.8 Å². The first-order chi connectivity index (χ1) is 14.2. The Morgan fingerprint density at radius 3 is 2.66 bits per heavy atom. The van der Waals surface area contributed by atoms with Gasteiger partial charge in [-0.2, -0.15) is 5.26 Å². The number of hydrogen-bond donors (Lipinski definition) is 2. The van der Waals surface area contributed by atoms with Crippen LogP contribution in [-0.2, 0) is 6.54 Å². The van der Waals surface area contributed by atoms with Crippen LogP contribution in [0.15, 0.2) is 65.5 Å². The first kappa shape index (κ1) is 18.8. The maximum Gasteiger partial charge on any atom is 0.191 e. The number of H-pyrrole nitrogens is 1. The van der Waals surface area contributed by atoms with Crippen LogP contribution < -0.4 is 0 Å². The minimum atomic E-state index is -0.0523. The molecule has 2 aromatic carbocycles. The second-order valence-electron chi connectivity index (χ2n) is 6.43. The third kappa shape index (κ3) is 4.00. The van der Waals surface area contributed by atoms with Crippen molar-refractivity contribution in [1.29, 1.82) is 5.26 Å². The standard InChI is InChI=1S/C21H18N6OS/c1-14-25-26-21(27(14)12-15-7-3-2-4-8-15)29-13-19(28)16(11-22)20-23-17-9-5-6-10-18(17)24-20/h2-10,28H,12-13H2,1H3,(H,23,24)/b19-16-. The van der Waals surface area contributed by atoms with E-state index in [-0.39, 0.29) is 17.1 Å². The van der Waals surface area contributed by atoms with Crippen molar-refractivity contribution in [3.05, 3.63) is 77.6 Å². The molecule has 0 bridgehead atoms. The zero-order valence-corrected chi connectivity index (χ0v) is 16.5. The highest BCUT2D eigenvalue weighted by atomic mass is 32.2. The van der Waals surface area contributed by atoms with Gasteiger partial charge in [0, 0.05) is 0 Å². The third-order valence-corrected chi connectivity index (χ3v) is 5.43. The molecule has 7 nitrogen and oxygen atoms in total. The Kier molecular flexibility index (Phi) is 5.31. The zero-order valence-electron chi connectivity index (χ0n) is 15.7. The molecule has 0 atom stereocenters. The summed E-state index contributed by atoms with van der Waals surface area (Å²) in [5.41, 5.74) is 2.82. The monoisotopic (exact) mass is 402 g/mol. The molecule has 2 N–H and O–H groups in total. The molecular formula is C21H18N6OS. The van der Waals surface area contributed by atoms with Crippen molar-refractivity contribution in [3.8, 4) is 6.07 Å². The molecular weight excluding hydrogens is 384 g/mol. The van der Waals surface area contributed by atoms with Crippen molar-refractivity contribution < 1.29 is 5.11 Å². The van der Waals surface area contributed by atoms with Gasteiger partial charge in [0.25, 0.3) is 0 Å². The quantitative estimate of drug-likeness (QED) is 0.286. The van der Waals surface area contributed by atoms with Crippen LogP contribution in [0.2, 0.25) is 0 Å². The van der Waals surface area contributed by atoms with Crippen LogP contribution in [0, 0.1) is 18.3 Å². The molecule has 144 valence electrons. The molecule has 0 aliphatic carbocycles. The molecule has 0 aliphatic heterocycles. The van der Waals surface area contributed by atoms with E-state index >= 15 is 0 Å². The van der Waals surface area contributed by atoms with E-state index in [0.717, 1.165) is 22.4 Å². The predicted molar refractivity (Wildman–Crippen MR) is 112 cm³/mol. The van der Waals surface area contributed by atoms with Crippen LogP contribution in [0.3, 0.4) is 0 Å². The van der Waals surface area contributed by atoms with Gasteiger partial charge in [-0.1, -0.05) is 54.2 Å². The molecule has 0 radical (unpaired) electrons. The fourth-order valence-corrected chi connectivity index (χ4v) is 3.81. The Labute approximate surface area is 171 Å². The van der Waals surface area contributed by atoms with Crippen LogP contribution in [0.25, 0.3) is 16.6 Å². The highest BCUT2D eigenvalue weighted by Gasteiger charge is 2.16. The number of aromatic nitrogens is 5. The number of aliphatic hydroxyl groups is 1. The summed E-state index contributed by atoms with van der Waals surface area (Å²) in [4.78, 5) is 7.48. The lowest BCUT2D eigenvalue weighted by Crippen LogP contribution is -2.04. The maximum absolute atomic E-state index is 10.6. The lowest BCUT2D eigenvalue weighted by Gasteiger charge is -2.08. The average Bonchev–Trinajstić information content (AvgIpc) is 3.31. The number of para-hydroxylation sites is 2. The maximum atomic E-state index is 10.6. The fourth-order valence-electron chi connectivity index (χ4n) is 2.95. The SMILES string of the molecule is Cc1nnc(SC/C(O)=C(\C#N)c2nc3ccccc3[nH]2)n1Cc1ccccc1. The number of aromatic amines is 1. The van der Waals surface area contributed by atoms with Crippen molar-refractivity contribution in [2.45, 2.75) is 18.6 Å². The Hall–Kier alpha value is -3.57. The number of allylic oxidation sites excluding steroid dienone is 1. The molecule has 0 saturated heterocycles. The average molecular weight is 402 g/mol. The third-order valence-electron chi connectivity index (χ3n) is 4.45. The van der Waals surface area contributed by atoms with Gasteiger partial charge in [-0.25, -0.2) is 4.98 Å². The summed E-state index contributed by atoms with van der Waals surface area (Å²) >= 11 is 1.33. The molecule has 2 heterocycles. The first-order valence-electron chi connectivity index (χ1n) is 8.99. The number of imidazole rings is 1. The number of benzene rings is 2. The zero-order chi connectivity index (χ0) is 20.2. The van der Waals surface area contributed by atoms with Crippen LogP contribution in [0.1, 0.15) is 17.2 Å². The van der Waals surface area contributed by atoms with Gasteiger partial charge in [0.05, 0.1) is 23.3 Å². The van der Waals surface area contributed by atoms with Crippen LogP contribution >= 0.6 is 11.8 Å². The number of aliphatic hydroxyl groups excluding tert-OH is 1. The largest absolute Gasteiger partial charge is 0.510 e. The van der Waals surface area contributed by atoms with Crippen molar-refractivity contribution >= 4 is 28.4 Å². The summed E-state index contributed by atoms with van der Waals surface area (Å²) in [6.45, 7) is 2.53. The van der Waals surface area contributed by atoms with E-state index in [0.29, 0.717) is 17.5 Å². The van der Waals surface area contributed by atoms with Gasteiger partial charge < -0.3 is 14.7 Å². The molecule has 8 heteroatoms. The van der Waals surface area contributed by atoms with Crippen molar-refractivity contribution in [3.63, 3.8) is 0 Å². The first-order valence-corrected chi connectivity index (χ1v) is 9.98. The second kappa shape index (κ2) is 8.20. The number of nitrogens with one attached hydrogen (secondary N) is 1. The summed E-state index contributed by atoms with van der Waals surface area (Å²) in [7, 11) is 0. The number of aryl methyl sites for hydroxylation is 1. The van der Waals surface area contributed by atoms with E-state index in [1.807, 2.05) is 66.1 Å². The van der Waals surface area contributed by atoms with E-state index < -0.39 is 0 Å². The molecule has 2 aromatic heterocycles. The van der Waals surface area contributed by atoms with Crippen molar-refractivity contribution in [2.24, 2.45) is 0 Å². The highest BCUT2D eigenvalue weighted by molar-refractivity contribution is 7.99. The second-order valence-corrected chi connectivity index (χ2v) is 7.37. The predicted octanol–water partition coefficient (Wildman–Crippen LogP) is 4.10. The number of nitrogens with zero attached hydrogens (tertiary/aromatic N) is 5. The van der Waals surface area contributed by atoms with Gasteiger partial charge in [0.1, 0.15) is 23.2 Å². The molecule has 29 heavy (non-hydrogen) atoms. The molecule has 0 saturated carbocycles. The smallest absolute Gasteiger partial charge is 0.191 e. The van der Waals surface area contributed by atoms with E-state index in [2.05, 4.69) is 26.2 Å². The van der Waals surface area contributed by atoms with Gasteiger partial charge >= 0.3 is 0 Å². The van der Waals surface area contributed by atoms with Gasteiger partial charge in [-0.15, -0.1) is 10.2 Å². The Morgan fingerprint density at radius 2 is 1.90 bits per heavy atom. The minimum Gasteiger partial charge on any atom is -0.510 e. The van der Waals surface area contributed by atoms with Crippen LogP contribution in [-0.4, -0.2) is 35.6 Å². The van der Waals surface area contributed by atoms with Crippen molar-refractivity contribution in [2.75, 3.05) is 5.75 Å². The molecule has 0 unspecified atom stereocenters. The van der Waals surface area contributed by atoms with Crippen LogP contribution in [0.4, 0.5) is 0 Å². The van der Waals surface area contributed by atoms with Crippen LogP contribution in [0.5, 0.6) is 0 Å². The Balaban J connectivity index is 1.55. The highest BCUT2D eigenvalue weighted by Crippen LogP contribution is 2.24. The fraction of sp³-hybridized carbons (Fsp3) is 0.143. The summed E-state index contributed by atoms with van der Waals surface area (Å²) in [6, 6.07) is 19.6. The summed E-state index contributed by atoms with van der Waals surface area (Å²) in [5, 5.41) is 29.2. The summed E-state index contributed by atoms with van der Waals surface area (Å²) < 4.78 is 1.99. The lowest BCUT2D eigenvalue weighted by atomic mass is 10.2. The Bertz CT molecular complexity index is 1190. The van der Waals surface area contributed by atoms with Crippen molar-refractivity contribution in [1.82, 2.24) is 24.7 Å². The molecule has 4 aromatic rings. The van der Waals surface area contributed by atoms with Gasteiger partial charge in [0.2, 0.25) is 0 Å². The number of fused-ring (bicyclic) bond motifs is 1. The molecule has 0 aliphatic rings. The van der Waals surface area contributed by atoms with Gasteiger partial charge in [-0.05, 0) is 24.6 Å². The number of rotatable bonds is 6. The number of nitriles is 1. The van der Waals surface area contributed by atoms with Gasteiger partial charge in [-0.3, -0.25) is 0 Å². The topological polar surface area (TPSA) is 103 Å². The summed E-state index contributed by atoms with van der Waals surface area (Å²) in [6.07, 6.45) is 0. The Morgan fingerprint density at radius 1 is 1.14 bits per heavy atom. The lowest BCUT2D eigenvalue weighted by molar-refractivity contribution is 0.420. The number of thioether (sulfide) groups is 1. The molecule has 0 fully saturated rings. The minimum absolute atomic E-state index is 0.0523. The molecule has 0 amide bonds. The number of hydrogen-bond acceptors (Lipinski definition) is 6. The van der Waals surface area contributed by atoms with E-state index in [9.17, 15) is 10.4 Å². The molecule has 4 rings (SSSR count). The normalized spacial score (nSPS) is 12.0. The van der Waals surface area contributed by atoms with E-state index in [4.69, 9.17) is 0 Å². The molecule has 0 spiro atoms. The summed E-state index contributed by atoms with van der Waals surface area (Å²) in [5.74, 6) is 1.28. The van der Waals surface area contributed by atoms with E-state index in [1.54, 1.807) is 0 Å².